The lowest BCUT2D eigenvalue weighted by Gasteiger charge is -2.41. The van der Waals surface area contributed by atoms with Gasteiger partial charge >= 0.3 is 13.4 Å². The Morgan fingerprint density at radius 1 is 0.807 bits per heavy atom. The van der Waals surface area contributed by atoms with E-state index in [0.29, 0.717) is 16.7 Å². The largest absolute Gasteiger partial charge is 0.408 e. The van der Waals surface area contributed by atoms with Crippen molar-refractivity contribution in [3.8, 4) is 0 Å². The number of nitrogens with zero attached hydrogens (tertiary/aromatic N) is 7. The summed E-state index contributed by atoms with van der Waals surface area (Å²) in [5.74, 6) is 0. The summed E-state index contributed by atoms with van der Waals surface area (Å²) in [4.78, 5) is 53.7. The molecule has 2 bridgehead atoms. The van der Waals surface area contributed by atoms with Crippen LogP contribution in [-0.2, 0) is 60.0 Å². The van der Waals surface area contributed by atoms with E-state index >= 15 is 0 Å². The first-order valence-corrected chi connectivity index (χ1v) is 29.4. The summed E-state index contributed by atoms with van der Waals surface area (Å²) in [6, 6.07) is 0. The minimum atomic E-state index is -4.20. The van der Waals surface area contributed by atoms with Crippen LogP contribution < -0.4 is 5.56 Å². The molecule has 4 aromatic heterocycles. The number of rotatable bonds is 6. The molecule has 3 fully saturated rings. The first-order valence-electron chi connectivity index (χ1n) is 18.4. The molecule has 0 aromatic carbocycles. The van der Waals surface area contributed by atoms with Crippen LogP contribution in [0.4, 0.5) is 0 Å². The van der Waals surface area contributed by atoms with Gasteiger partial charge in [-0.1, -0.05) is 41.5 Å². The quantitative estimate of drug-likeness (QED) is 0.175. The normalized spacial score (nSPS) is 33.5. The molecule has 3 saturated heterocycles. The molecule has 3 N–H and O–H groups in total. The Morgan fingerprint density at radius 2 is 1.39 bits per heavy atom. The number of hydrogen-bond donors (Lipinski definition) is 3. The first-order chi connectivity index (χ1) is 26.4. The maximum absolute atomic E-state index is 12.6. The van der Waals surface area contributed by atoms with Crippen LogP contribution in [0.5, 0.6) is 0 Å². The summed E-state index contributed by atoms with van der Waals surface area (Å²) in [5, 5.41) is 5.81. The van der Waals surface area contributed by atoms with Crippen molar-refractivity contribution in [3.05, 3.63) is 41.7 Å². The highest BCUT2D eigenvalue weighted by molar-refractivity contribution is 8.07. The van der Waals surface area contributed by atoms with Gasteiger partial charge in [-0.25, -0.2) is 25.0 Å². The van der Waals surface area contributed by atoms with E-state index in [0.717, 1.165) is 0 Å². The van der Waals surface area contributed by atoms with E-state index in [-0.39, 0.29) is 28.8 Å². The topological polar surface area (TPSA) is 221 Å². The van der Waals surface area contributed by atoms with Crippen molar-refractivity contribution in [2.45, 2.75) is 127 Å². The van der Waals surface area contributed by atoms with Gasteiger partial charge < -0.3 is 37.2 Å². The Balaban J connectivity index is 1.30. The molecule has 0 aliphatic carbocycles. The highest BCUT2D eigenvalue weighted by Gasteiger charge is 2.57. The number of aromatic amines is 1. The molecule has 4 aromatic rings. The van der Waals surface area contributed by atoms with Crippen LogP contribution in [0.15, 0.2) is 36.2 Å². The van der Waals surface area contributed by atoms with Crippen molar-refractivity contribution in [2.75, 3.05) is 13.2 Å². The van der Waals surface area contributed by atoms with E-state index in [1.807, 2.05) is 0 Å². The molecule has 3 aliphatic rings. The lowest BCUT2D eigenvalue weighted by Crippen LogP contribution is -2.50. The number of imidazole rings is 2. The number of hydrogen-bond acceptors (Lipinski definition) is 16. The third-order valence-corrected chi connectivity index (χ3v) is 23.6. The minimum absolute atomic E-state index is 0.104. The van der Waals surface area contributed by atoms with Crippen LogP contribution in [0.3, 0.4) is 0 Å². The van der Waals surface area contributed by atoms with Crippen LogP contribution in [0, 0.1) is 0 Å². The molecule has 57 heavy (non-hydrogen) atoms. The smallest absolute Gasteiger partial charge is 0.325 e. The summed E-state index contributed by atoms with van der Waals surface area (Å²) < 4.78 is 55.6. The number of H-pyrrole nitrogens is 1. The van der Waals surface area contributed by atoms with Gasteiger partial charge in [0, 0.05) is 0 Å². The van der Waals surface area contributed by atoms with E-state index in [4.69, 9.17) is 60.0 Å². The molecule has 4 unspecified atom stereocenters. The number of ether oxygens (including phenoxy) is 2. The third kappa shape index (κ3) is 8.59. The van der Waals surface area contributed by atoms with Crippen LogP contribution >= 0.6 is 13.4 Å². The van der Waals surface area contributed by atoms with Gasteiger partial charge in [-0.3, -0.25) is 23.0 Å². The van der Waals surface area contributed by atoms with Gasteiger partial charge in [0.25, 0.3) is 5.56 Å². The lowest BCUT2D eigenvalue weighted by molar-refractivity contribution is -0.0603. The fraction of sp³-hybridized carbons (Fsp3) is 0.688. The highest BCUT2D eigenvalue weighted by atomic mass is 32.5. The lowest BCUT2D eigenvalue weighted by atomic mass is 10.1. The Labute approximate surface area is 341 Å². The van der Waals surface area contributed by atoms with Gasteiger partial charge in [0.1, 0.15) is 48.5 Å². The van der Waals surface area contributed by atoms with E-state index in [1.165, 1.54) is 18.9 Å². The van der Waals surface area contributed by atoms with E-state index in [1.54, 1.807) is 21.7 Å². The van der Waals surface area contributed by atoms with Crippen LogP contribution in [-0.4, -0.2) is 116 Å². The highest BCUT2D eigenvalue weighted by Crippen LogP contribution is 2.56. The zero-order chi connectivity index (χ0) is 41.5. The molecule has 3 aliphatic heterocycles. The molecule has 0 radical (unpaired) electrons. The predicted molar refractivity (Wildman–Crippen MR) is 220 cm³/mol. The van der Waals surface area contributed by atoms with Crippen molar-refractivity contribution < 1.29 is 46.2 Å². The minimum Gasteiger partial charge on any atom is -0.408 e. The van der Waals surface area contributed by atoms with Gasteiger partial charge in [0.2, 0.25) is 0 Å². The fourth-order valence-corrected chi connectivity index (χ4v) is 11.9. The summed E-state index contributed by atoms with van der Waals surface area (Å²) in [5.41, 5.74) is 0.912. The third-order valence-electron chi connectivity index (χ3n) is 11.5. The second-order valence-corrected chi connectivity index (χ2v) is 32.5. The Kier molecular flexibility index (Phi) is 11.6. The SMILES string of the molecule is CC(C)(C)[Si](C)(C)OC1[C@H]2OP(O)(=S)OC[C@H]3O[C@@H](n4cnc5cncnc54)C(O[Si](C)(C)C(C)(C)C)[C@@H]3OP(O)(=S)OC[C@H]1O[C@H]2n1cnc2c(=O)[nH]ncc21. The first kappa shape index (κ1) is 43.3. The van der Waals surface area contributed by atoms with E-state index in [9.17, 15) is 14.6 Å². The van der Waals surface area contributed by atoms with Gasteiger partial charge in [-0.2, -0.15) is 5.10 Å². The van der Waals surface area contributed by atoms with Crippen molar-refractivity contribution in [3.63, 3.8) is 0 Å². The maximum atomic E-state index is 12.6. The number of nitrogens with one attached hydrogen (secondary N) is 1. The molecule has 0 spiro atoms. The number of aromatic nitrogens is 8. The van der Waals surface area contributed by atoms with Crippen molar-refractivity contribution in [2.24, 2.45) is 0 Å². The zero-order valence-electron chi connectivity index (χ0n) is 33.3. The number of fused-ring (bicyclic) bond motifs is 5. The summed E-state index contributed by atoms with van der Waals surface area (Å²) in [7, 11) is -5.23. The molecule has 25 heteroatoms. The molecule has 7 rings (SSSR count). The van der Waals surface area contributed by atoms with Crippen LogP contribution in [0.25, 0.3) is 22.2 Å². The average Bonchev–Trinajstić information content (AvgIpc) is 3.86. The summed E-state index contributed by atoms with van der Waals surface area (Å²) in [6.07, 6.45) is -0.674. The molecule has 10 atom stereocenters. The Bertz CT molecular complexity index is 2290. The Morgan fingerprint density at radius 3 is 2.04 bits per heavy atom. The predicted octanol–water partition coefficient (Wildman–Crippen LogP) is 4.79. The van der Waals surface area contributed by atoms with Crippen molar-refractivity contribution in [1.29, 1.82) is 0 Å². The van der Waals surface area contributed by atoms with E-state index in [2.05, 4.69) is 97.9 Å². The van der Waals surface area contributed by atoms with Crippen molar-refractivity contribution in [1.82, 2.24) is 39.3 Å². The second kappa shape index (κ2) is 15.3. The zero-order valence-corrected chi connectivity index (χ0v) is 38.8. The maximum Gasteiger partial charge on any atom is 0.325 e. The Hall–Kier alpha value is -1.77. The average molecular weight is 905 g/mol. The summed E-state index contributed by atoms with van der Waals surface area (Å²) in [6.45, 7) is 11.8. The van der Waals surface area contributed by atoms with Crippen LogP contribution in [0.1, 0.15) is 54.0 Å². The second-order valence-electron chi connectivity index (χ2n) is 17.5. The molecule has 0 amide bonds. The van der Waals surface area contributed by atoms with Gasteiger partial charge in [-0.15, -0.1) is 0 Å². The fourth-order valence-electron chi connectivity index (χ4n) is 6.43. The summed E-state index contributed by atoms with van der Waals surface area (Å²) >= 11 is 11.4. The van der Waals surface area contributed by atoms with Crippen LogP contribution in [0.2, 0.25) is 36.3 Å². The molecule has 19 nitrogen and oxygen atoms in total. The van der Waals surface area contributed by atoms with Gasteiger partial charge in [-0.05, 0) is 59.9 Å². The van der Waals surface area contributed by atoms with Crippen molar-refractivity contribution >= 4 is 75.9 Å². The van der Waals surface area contributed by atoms with Gasteiger partial charge in [0.15, 0.2) is 40.3 Å². The molecule has 0 saturated carbocycles. The molecular formula is C32H50N8O11P2S2Si2. The monoisotopic (exact) mass is 904 g/mol. The van der Waals surface area contributed by atoms with Gasteiger partial charge in [0.05, 0.1) is 43.8 Å². The molecular weight excluding hydrogens is 855 g/mol. The standard InChI is InChI=1S/C32H50N8O11P2S2Si2/c1-31(2,3)56(7,8)50-24-21-14-45-52(42,54)48-23-20(13-44-53(43,55)49-25(24)29(47-21)39-17-36-22-19(39)12-37-38-28(22)41)46-30(26(23)51-57(9,10)32(4,5)6)40-16-35-18-11-33-15-34-27(18)40/h11-12,15-17,20-21,23-26,29-30H,13-14H2,1-10H3,(H,38,41)(H,42,54)(H,43,55)/t20-,21-,23-,24?,25-,26?,29-,30-,52?,53?/m1/s1. The molecule has 314 valence electrons. The molecule has 7 heterocycles. The van der Waals surface area contributed by atoms with E-state index < -0.39 is 84.7 Å².